The van der Waals surface area contributed by atoms with Gasteiger partial charge in [0.2, 0.25) is 0 Å². The summed E-state index contributed by atoms with van der Waals surface area (Å²) in [6.45, 7) is 2.54. The topological polar surface area (TPSA) is 81.3 Å². The van der Waals surface area contributed by atoms with Crippen molar-refractivity contribution in [3.8, 4) is 11.1 Å². The molecule has 0 radical (unpaired) electrons. The molecule has 7 nitrogen and oxygen atoms in total. The van der Waals surface area contributed by atoms with Crippen LogP contribution in [0.2, 0.25) is 0 Å². The highest BCUT2D eigenvalue weighted by atomic mass is 16.2. The average molecular weight is 415 g/mol. The van der Waals surface area contributed by atoms with E-state index in [0.29, 0.717) is 24.2 Å². The molecule has 3 aromatic rings. The number of nitrogens with one attached hydrogen (secondary N) is 2. The highest BCUT2D eigenvalue weighted by Crippen LogP contribution is 2.33. The zero-order valence-electron chi connectivity index (χ0n) is 17.5. The van der Waals surface area contributed by atoms with E-state index in [1.807, 2.05) is 24.4 Å². The zero-order chi connectivity index (χ0) is 21.1. The van der Waals surface area contributed by atoms with Crippen molar-refractivity contribution >= 4 is 22.8 Å². The predicted molar refractivity (Wildman–Crippen MR) is 118 cm³/mol. The van der Waals surface area contributed by atoms with E-state index in [1.54, 1.807) is 6.20 Å². The fourth-order valence-corrected chi connectivity index (χ4v) is 5.55. The minimum atomic E-state index is -0.0110. The summed E-state index contributed by atoms with van der Waals surface area (Å²) in [5.41, 5.74) is 5.26. The third kappa shape index (κ3) is 2.95. The number of amides is 2. The van der Waals surface area contributed by atoms with Crippen LogP contribution in [0, 0.1) is 0 Å². The summed E-state index contributed by atoms with van der Waals surface area (Å²) in [6.07, 6.45) is 6.62. The number of likely N-dealkylation sites (tertiary alicyclic amines) is 1. The number of aromatic amines is 1. The minimum Gasteiger partial charge on any atom is -0.352 e. The number of piperazine rings is 1. The Morgan fingerprint density at radius 1 is 1.13 bits per heavy atom. The molecule has 31 heavy (non-hydrogen) atoms. The number of carbonyl (C=O) groups excluding carboxylic acids is 2. The molecule has 2 N–H and O–H groups in total. The first kappa shape index (κ1) is 18.6. The van der Waals surface area contributed by atoms with Crippen LogP contribution in [-0.4, -0.2) is 70.3 Å². The Kier molecular flexibility index (Phi) is 4.14. The first-order chi connectivity index (χ1) is 15.1. The molecule has 2 amide bonds. The molecule has 1 aromatic carbocycles. The largest absolute Gasteiger partial charge is 0.352 e. The van der Waals surface area contributed by atoms with Gasteiger partial charge in [-0.15, -0.1) is 0 Å². The fraction of sp³-hybridized carbons (Fsp3) is 0.375. The van der Waals surface area contributed by atoms with E-state index < -0.39 is 0 Å². The molecule has 5 heterocycles. The van der Waals surface area contributed by atoms with Crippen LogP contribution in [0.15, 0.2) is 36.7 Å². The lowest BCUT2D eigenvalue weighted by Gasteiger charge is -2.39. The van der Waals surface area contributed by atoms with Crippen molar-refractivity contribution in [3.05, 3.63) is 53.3 Å². The van der Waals surface area contributed by atoms with Gasteiger partial charge >= 0.3 is 0 Å². The van der Waals surface area contributed by atoms with E-state index in [4.69, 9.17) is 0 Å². The molecule has 3 aliphatic heterocycles. The molecular weight excluding hydrogens is 390 g/mol. The first-order valence-electron chi connectivity index (χ1n) is 11.0. The van der Waals surface area contributed by atoms with Crippen molar-refractivity contribution in [3.63, 3.8) is 0 Å². The maximum atomic E-state index is 13.4. The lowest BCUT2D eigenvalue weighted by atomic mass is 9.95. The molecular formula is C24H25N5O2. The van der Waals surface area contributed by atoms with Crippen LogP contribution in [0.3, 0.4) is 0 Å². The number of fused-ring (bicyclic) bond motifs is 4. The average Bonchev–Trinajstić information content (AvgIpc) is 3.31. The molecule has 2 aromatic heterocycles. The highest BCUT2D eigenvalue weighted by Gasteiger charge is 2.41. The number of likely N-dealkylation sites (N-methyl/N-ethyl adjacent to an activating group) is 1. The first-order valence-corrected chi connectivity index (χ1v) is 11.0. The number of H-pyrrole nitrogens is 1. The lowest BCUT2D eigenvalue weighted by Crippen LogP contribution is -2.54. The van der Waals surface area contributed by atoms with E-state index >= 15 is 0 Å². The molecule has 2 saturated heterocycles. The van der Waals surface area contributed by atoms with Gasteiger partial charge in [-0.2, -0.15) is 0 Å². The summed E-state index contributed by atoms with van der Waals surface area (Å²) in [4.78, 5) is 37.7. The van der Waals surface area contributed by atoms with Crippen molar-refractivity contribution in [2.24, 2.45) is 0 Å². The van der Waals surface area contributed by atoms with Gasteiger partial charge in [-0.05, 0) is 49.6 Å². The Morgan fingerprint density at radius 3 is 2.74 bits per heavy atom. The number of hydrogen-bond donors (Lipinski definition) is 2. The van der Waals surface area contributed by atoms with Gasteiger partial charge in [0.25, 0.3) is 11.8 Å². The Labute approximate surface area is 180 Å². The smallest absolute Gasteiger partial charge is 0.256 e. The van der Waals surface area contributed by atoms with Gasteiger partial charge in [-0.1, -0.05) is 12.1 Å². The van der Waals surface area contributed by atoms with Crippen LogP contribution >= 0.6 is 0 Å². The summed E-state index contributed by atoms with van der Waals surface area (Å²) >= 11 is 0. The normalized spacial score (nSPS) is 23.1. The van der Waals surface area contributed by atoms with Crippen molar-refractivity contribution in [2.45, 2.75) is 31.3 Å². The Bertz CT molecular complexity index is 1200. The molecule has 0 spiro atoms. The zero-order valence-corrected chi connectivity index (χ0v) is 17.5. The summed E-state index contributed by atoms with van der Waals surface area (Å²) in [6, 6.07) is 8.52. The van der Waals surface area contributed by atoms with Gasteiger partial charge < -0.3 is 20.1 Å². The second-order valence-electron chi connectivity index (χ2n) is 9.02. The van der Waals surface area contributed by atoms with Gasteiger partial charge in [0.15, 0.2) is 0 Å². The van der Waals surface area contributed by atoms with E-state index in [-0.39, 0.29) is 11.8 Å². The third-order valence-electron chi connectivity index (χ3n) is 7.02. The number of nitrogens with zero attached hydrogens (tertiary/aromatic N) is 3. The van der Waals surface area contributed by atoms with Crippen LogP contribution in [0.25, 0.3) is 22.2 Å². The number of rotatable bonds is 2. The molecule has 0 saturated carbocycles. The number of carbonyl (C=O) groups is 2. The molecule has 7 heteroatoms. The maximum absolute atomic E-state index is 13.4. The monoisotopic (exact) mass is 415 g/mol. The van der Waals surface area contributed by atoms with Crippen molar-refractivity contribution < 1.29 is 9.59 Å². The summed E-state index contributed by atoms with van der Waals surface area (Å²) < 4.78 is 0. The van der Waals surface area contributed by atoms with Crippen molar-refractivity contribution in [2.75, 3.05) is 26.7 Å². The predicted octanol–water partition coefficient (Wildman–Crippen LogP) is 2.43. The van der Waals surface area contributed by atoms with Crippen LogP contribution in [0.5, 0.6) is 0 Å². The van der Waals surface area contributed by atoms with Gasteiger partial charge in [-0.25, -0.2) is 4.98 Å². The quantitative estimate of drug-likeness (QED) is 0.674. The molecule has 2 unspecified atom stereocenters. The molecule has 2 fully saturated rings. The molecule has 0 aliphatic carbocycles. The fourth-order valence-electron chi connectivity index (χ4n) is 5.55. The van der Waals surface area contributed by atoms with Crippen molar-refractivity contribution in [1.82, 2.24) is 25.1 Å². The molecule has 3 aliphatic rings. The summed E-state index contributed by atoms with van der Waals surface area (Å²) in [5, 5.41) is 3.83. The molecule has 2 atom stereocenters. The SMILES string of the molecule is CN1CC2CCC(C1)N2C(=O)c1cnc2[nH]cc(-c3ccc4c(c3)CCNC4=O)c2c1. The number of pyridine rings is 1. The van der Waals surface area contributed by atoms with E-state index in [0.717, 1.165) is 65.6 Å². The van der Waals surface area contributed by atoms with Crippen LogP contribution in [0.4, 0.5) is 0 Å². The highest BCUT2D eigenvalue weighted by molar-refractivity contribution is 6.02. The van der Waals surface area contributed by atoms with E-state index in [1.165, 1.54) is 0 Å². The second-order valence-corrected chi connectivity index (χ2v) is 9.02. The van der Waals surface area contributed by atoms with E-state index in [9.17, 15) is 9.59 Å². The summed E-state index contributed by atoms with van der Waals surface area (Å²) in [5.74, 6) is 0.0762. The molecule has 2 bridgehead atoms. The summed E-state index contributed by atoms with van der Waals surface area (Å²) in [7, 11) is 2.13. The van der Waals surface area contributed by atoms with E-state index in [2.05, 4.69) is 38.2 Å². The van der Waals surface area contributed by atoms with Crippen LogP contribution < -0.4 is 5.32 Å². The van der Waals surface area contributed by atoms with Gasteiger partial charge in [0.05, 0.1) is 5.56 Å². The molecule has 158 valence electrons. The maximum Gasteiger partial charge on any atom is 0.256 e. The number of benzene rings is 1. The van der Waals surface area contributed by atoms with Crippen LogP contribution in [-0.2, 0) is 6.42 Å². The standard InChI is InChI=1S/C24H25N5O2/c1-28-12-17-3-4-18(13-28)29(17)24(31)16-9-20-21(11-27-22(20)26-10-16)14-2-5-19-15(8-14)6-7-25-23(19)30/h2,5,8-11,17-18H,3-4,6-7,12-13H2,1H3,(H,25,30)(H,26,27). The van der Waals surface area contributed by atoms with Crippen molar-refractivity contribution in [1.29, 1.82) is 0 Å². The Morgan fingerprint density at radius 2 is 1.94 bits per heavy atom. The Balaban J connectivity index is 1.37. The lowest BCUT2D eigenvalue weighted by molar-refractivity contribution is 0.0472. The van der Waals surface area contributed by atoms with Gasteiger partial charge in [0, 0.05) is 60.6 Å². The van der Waals surface area contributed by atoms with Gasteiger partial charge in [-0.3, -0.25) is 9.59 Å². The molecule has 6 rings (SSSR count). The number of aromatic nitrogens is 2. The Hall–Kier alpha value is -3.19. The minimum absolute atomic E-state index is 0.0110. The second kappa shape index (κ2) is 6.92. The number of hydrogen-bond acceptors (Lipinski definition) is 4. The van der Waals surface area contributed by atoms with Crippen LogP contribution in [0.1, 0.15) is 39.1 Å². The van der Waals surface area contributed by atoms with Gasteiger partial charge in [0.1, 0.15) is 5.65 Å². The third-order valence-corrected chi connectivity index (χ3v) is 7.02.